The van der Waals surface area contributed by atoms with Gasteiger partial charge < -0.3 is 96.3 Å². The van der Waals surface area contributed by atoms with E-state index in [-0.39, 0.29) is 79.0 Å². The van der Waals surface area contributed by atoms with Gasteiger partial charge in [0.25, 0.3) is 0 Å². The third kappa shape index (κ3) is 29.5. The van der Waals surface area contributed by atoms with Crippen LogP contribution in [0.2, 0.25) is 0 Å². The number of amides is 4. The number of carbonyl (C=O) groups excluding carboxylic acids is 6. The predicted molar refractivity (Wildman–Crippen MR) is 206 cm³/mol. The van der Waals surface area contributed by atoms with Gasteiger partial charge in [-0.1, -0.05) is 0 Å². The molecule has 0 aliphatic rings. The first-order valence-corrected chi connectivity index (χ1v) is 19.0. The molecule has 0 bridgehead atoms. The molecule has 0 saturated carbocycles. The first kappa shape index (κ1) is 54.7. The van der Waals surface area contributed by atoms with Crippen LogP contribution in [0.1, 0.15) is 13.8 Å². The van der Waals surface area contributed by atoms with Gasteiger partial charge in [0, 0.05) is 52.4 Å². The molecule has 59 heavy (non-hydrogen) atoms. The van der Waals surface area contributed by atoms with E-state index in [9.17, 15) is 28.8 Å². The molecule has 12 N–H and O–H groups in total. The van der Waals surface area contributed by atoms with Crippen LogP contribution in [0, 0.1) is 10.8 Å². The Morgan fingerprint density at radius 3 is 0.831 bits per heavy atom. The third-order valence-electron chi connectivity index (χ3n) is 7.11. The number of hydrogen-bond donors (Lipinski definition) is 8. The van der Waals surface area contributed by atoms with E-state index in [0.717, 1.165) is 0 Å². The average Bonchev–Trinajstić information content (AvgIpc) is 3.22. The molecule has 0 aromatic heterocycles. The standard InChI is InChI=1S/C34H66N8O17/c1-33(23-56-29(45)39-7-15-49-11-3-35,24-57-30(46)40-8-16-50-12-4-36)27(43)54-21-19-53-20-22-55-28(44)34(2,25-58-31(47)41-9-17-51-13-5-37)26-59-32(48)42-10-18-52-14-6-38/h3-26,35-38H2,1-2H3,(H,39,45)(H,40,46)(H,41,47)(H,42,48). The monoisotopic (exact) mass is 858 g/mol. The van der Waals surface area contributed by atoms with Crippen LogP contribution in [0.15, 0.2) is 0 Å². The van der Waals surface area contributed by atoms with Gasteiger partial charge in [-0.15, -0.1) is 0 Å². The van der Waals surface area contributed by atoms with Crippen LogP contribution in [0.25, 0.3) is 0 Å². The summed E-state index contributed by atoms with van der Waals surface area (Å²) in [7, 11) is 0. The molecule has 25 nitrogen and oxygen atoms in total. The quantitative estimate of drug-likeness (QED) is 0.0176. The maximum absolute atomic E-state index is 13.1. The fraction of sp³-hybridized carbons (Fsp3) is 0.824. The summed E-state index contributed by atoms with van der Waals surface area (Å²) >= 11 is 0. The molecule has 0 heterocycles. The van der Waals surface area contributed by atoms with Gasteiger partial charge in [0.1, 0.15) is 50.5 Å². The van der Waals surface area contributed by atoms with E-state index in [0.29, 0.717) is 52.6 Å². The zero-order valence-corrected chi connectivity index (χ0v) is 34.2. The van der Waals surface area contributed by atoms with E-state index in [1.54, 1.807) is 0 Å². The molecule has 4 amide bonds. The molecule has 344 valence electrons. The van der Waals surface area contributed by atoms with E-state index in [4.69, 9.17) is 75.0 Å². The van der Waals surface area contributed by atoms with Crippen molar-refractivity contribution in [2.45, 2.75) is 13.8 Å². The number of nitrogens with one attached hydrogen (secondary N) is 4. The SMILES string of the molecule is CC(COC(=O)NCCOCCN)(COC(=O)NCCOCCN)C(=O)OCCOCCOC(=O)C(C)(COC(=O)NCCOCCN)COC(=O)NCCOCCN. The molecule has 0 fully saturated rings. The summed E-state index contributed by atoms with van der Waals surface area (Å²) in [6.45, 7) is 3.49. The van der Waals surface area contributed by atoms with Crippen LogP contribution in [0.4, 0.5) is 19.2 Å². The lowest BCUT2D eigenvalue weighted by Crippen LogP contribution is -2.43. The lowest BCUT2D eigenvalue weighted by molar-refractivity contribution is -0.163. The van der Waals surface area contributed by atoms with Crippen LogP contribution in [0.5, 0.6) is 0 Å². The number of hydrogen-bond acceptors (Lipinski definition) is 21. The predicted octanol–water partition coefficient (Wildman–Crippen LogP) is -3.09. The molecule has 0 aliphatic carbocycles. The van der Waals surface area contributed by atoms with Crippen molar-refractivity contribution in [3.8, 4) is 0 Å². The zero-order chi connectivity index (χ0) is 44.0. The molecular weight excluding hydrogens is 792 g/mol. The number of ether oxygens (including phenoxy) is 11. The van der Waals surface area contributed by atoms with Crippen molar-refractivity contribution in [1.82, 2.24) is 21.3 Å². The van der Waals surface area contributed by atoms with Crippen LogP contribution < -0.4 is 44.2 Å². The van der Waals surface area contributed by atoms with E-state index in [2.05, 4.69) is 21.3 Å². The minimum atomic E-state index is -1.63. The molecule has 0 radical (unpaired) electrons. The fourth-order valence-electron chi connectivity index (χ4n) is 3.90. The van der Waals surface area contributed by atoms with Gasteiger partial charge in [-0.2, -0.15) is 0 Å². The van der Waals surface area contributed by atoms with E-state index < -0.39 is 73.6 Å². The van der Waals surface area contributed by atoms with Crippen molar-refractivity contribution < 1.29 is 80.9 Å². The molecule has 0 spiro atoms. The second-order valence-electron chi connectivity index (χ2n) is 12.6. The Balaban J connectivity index is 5.10. The molecule has 0 saturated heterocycles. The van der Waals surface area contributed by atoms with E-state index in [1.165, 1.54) is 13.8 Å². The van der Waals surface area contributed by atoms with Crippen molar-refractivity contribution in [3.63, 3.8) is 0 Å². The summed E-state index contributed by atoms with van der Waals surface area (Å²) in [5.74, 6) is -1.75. The van der Waals surface area contributed by atoms with Crippen LogP contribution >= 0.6 is 0 Å². The Hall–Kier alpha value is -4.34. The van der Waals surface area contributed by atoms with Crippen LogP contribution in [-0.4, -0.2) is 194 Å². The minimum Gasteiger partial charge on any atom is -0.463 e. The van der Waals surface area contributed by atoms with Crippen LogP contribution in [0.3, 0.4) is 0 Å². The summed E-state index contributed by atoms with van der Waals surface area (Å²) < 4.78 is 57.5. The Kier molecular flexibility index (Phi) is 33.0. The second kappa shape index (κ2) is 35.6. The number of carbonyl (C=O) groups is 6. The second-order valence-corrected chi connectivity index (χ2v) is 12.6. The third-order valence-corrected chi connectivity index (χ3v) is 7.11. The summed E-state index contributed by atoms with van der Waals surface area (Å²) in [5, 5.41) is 9.84. The van der Waals surface area contributed by atoms with Crippen LogP contribution in [-0.2, 0) is 61.7 Å². The molecule has 0 aromatic rings. The summed E-state index contributed by atoms with van der Waals surface area (Å²) in [6, 6.07) is 0. The van der Waals surface area contributed by atoms with Gasteiger partial charge >= 0.3 is 36.3 Å². The van der Waals surface area contributed by atoms with E-state index in [1.807, 2.05) is 0 Å². The van der Waals surface area contributed by atoms with Crippen molar-refractivity contribution in [1.29, 1.82) is 0 Å². The Morgan fingerprint density at radius 1 is 0.356 bits per heavy atom. The maximum Gasteiger partial charge on any atom is 0.407 e. The smallest absolute Gasteiger partial charge is 0.407 e. The average molecular weight is 859 g/mol. The van der Waals surface area contributed by atoms with Gasteiger partial charge in [-0.25, -0.2) is 19.2 Å². The number of esters is 2. The Labute approximate surface area is 344 Å². The lowest BCUT2D eigenvalue weighted by atomic mass is 9.93. The number of rotatable bonds is 36. The number of nitrogens with two attached hydrogens (primary N) is 4. The highest BCUT2D eigenvalue weighted by Crippen LogP contribution is 2.22. The molecule has 0 rings (SSSR count). The van der Waals surface area contributed by atoms with Gasteiger partial charge in [0.2, 0.25) is 0 Å². The summed E-state index contributed by atoms with van der Waals surface area (Å²) in [5.41, 5.74) is 18.2. The highest BCUT2D eigenvalue weighted by atomic mass is 16.6. The summed E-state index contributed by atoms with van der Waals surface area (Å²) in [4.78, 5) is 75.1. The highest BCUT2D eigenvalue weighted by molar-refractivity contribution is 5.79. The lowest BCUT2D eigenvalue weighted by Gasteiger charge is -2.27. The molecule has 0 aromatic carbocycles. The Morgan fingerprint density at radius 2 is 0.593 bits per heavy atom. The maximum atomic E-state index is 13.1. The van der Waals surface area contributed by atoms with E-state index >= 15 is 0 Å². The van der Waals surface area contributed by atoms with Crippen molar-refractivity contribution in [3.05, 3.63) is 0 Å². The molecule has 0 atom stereocenters. The Bertz CT molecular complexity index is 1030. The van der Waals surface area contributed by atoms with Gasteiger partial charge in [-0.3, -0.25) is 9.59 Å². The zero-order valence-electron chi connectivity index (χ0n) is 34.2. The van der Waals surface area contributed by atoms with Gasteiger partial charge in [-0.05, 0) is 13.8 Å². The molecule has 25 heteroatoms. The normalized spacial score (nSPS) is 11.2. The first-order valence-electron chi connectivity index (χ1n) is 19.0. The minimum absolute atomic E-state index is 0.117. The highest BCUT2D eigenvalue weighted by Gasteiger charge is 2.40. The van der Waals surface area contributed by atoms with Crippen molar-refractivity contribution >= 4 is 36.3 Å². The molecule has 0 unspecified atom stereocenters. The fourth-order valence-corrected chi connectivity index (χ4v) is 3.90. The number of alkyl carbamates (subject to hydrolysis) is 4. The molecule has 0 aliphatic heterocycles. The largest absolute Gasteiger partial charge is 0.463 e. The topological polar surface area (TPSA) is 356 Å². The van der Waals surface area contributed by atoms with Crippen molar-refractivity contribution in [2.75, 3.05) is 158 Å². The van der Waals surface area contributed by atoms with Crippen molar-refractivity contribution in [2.24, 2.45) is 33.8 Å². The van der Waals surface area contributed by atoms with Gasteiger partial charge in [0.15, 0.2) is 0 Å². The first-order chi connectivity index (χ1) is 28.4. The summed E-state index contributed by atoms with van der Waals surface area (Å²) in [6.07, 6.45) is -3.41. The molecular formula is C34H66N8O17. The van der Waals surface area contributed by atoms with Gasteiger partial charge in [0.05, 0.1) is 66.1 Å².